The molecule has 0 amide bonds. The summed E-state index contributed by atoms with van der Waals surface area (Å²) >= 11 is 0. The summed E-state index contributed by atoms with van der Waals surface area (Å²) in [6, 6.07) is 11.9. The lowest BCUT2D eigenvalue weighted by Crippen LogP contribution is -2.28. The quantitative estimate of drug-likeness (QED) is 0.548. The summed E-state index contributed by atoms with van der Waals surface area (Å²) in [6.45, 7) is 7.75. The number of aromatic amines is 1. The Morgan fingerprint density at radius 1 is 1.11 bits per heavy atom. The van der Waals surface area contributed by atoms with Crippen LogP contribution in [0, 0.1) is 0 Å². The van der Waals surface area contributed by atoms with Crippen LogP contribution < -0.4 is 15.2 Å². The molecule has 148 valence electrons. The number of methoxy groups -OCH3 is 1. The molecule has 0 atom stereocenters. The minimum Gasteiger partial charge on any atom is -0.491 e. The third-order valence-electron chi connectivity index (χ3n) is 4.88. The van der Waals surface area contributed by atoms with E-state index in [1.54, 1.807) is 7.11 Å². The summed E-state index contributed by atoms with van der Waals surface area (Å²) in [7, 11) is 1.61. The van der Waals surface area contributed by atoms with Gasteiger partial charge in [-0.05, 0) is 37.4 Å². The molecule has 0 spiro atoms. The molecule has 0 saturated heterocycles. The van der Waals surface area contributed by atoms with E-state index in [1.807, 2.05) is 48.6 Å². The van der Waals surface area contributed by atoms with E-state index in [9.17, 15) is 0 Å². The van der Waals surface area contributed by atoms with E-state index < -0.39 is 0 Å². The van der Waals surface area contributed by atoms with Gasteiger partial charge in [-0.2, -0.15) is 5.10 Å². The molecule has 6 nitrogen and oxygen atoms in total. The highest BCUT2D eigenvalue weighted by molar-refractivity contribution is 5.90. The highest BCUT2D eigenvalue weighted by atomic mass is 16.5. The summed E-state index contributed by atoms with van der Waals surface area (Å²) < 4.78 is 11.4. The van der Waals surface area contributed by atoms with Gasteiger partial charge in [0.05, 0.1) is 24.0 Å². The Morgan fingerprint density at radius 2 is 1.89 bits per heavy atom. The van der Waals surface area contributed by atoms with E-state index in [4.69, 9.17) is 15.2 Å². The Balaban J connectivity index is 1.77. The van der Waals surface area contributed by atoms with Gasteiger partial charge in [0, 0.05) is 17.5 Å². The minimum atomic E-state index is 0.555. The summed E-state index contributed by atoms with van der Waals surface area (Å²) in [5.74, 6) is 1.23. The smallest absolute Gasteiger partial charge is 0.184 e. The van der Waals surface area contributed by atoms with Crippen LogP contribution in [0.5, 0.6) is 11.5 Å². The van der Waals surface area contributed by atoms with Gasteiger partial charge in [-0.25, -0.2) is 0 Å². The van der Waals surface area contributed by atoms with Gasteiger partial charge < -0.3 is 20.1 Å². The predicted molar refractivity (Wildman–Crippen MR) is 116 cm³/mol. The molecule has 3 rings (SSSR count). The molecule has 3 aromatic rings. The van der Waals surface area contributed by atoms with Gasteiger partial charge in [0.25, 0.3) is 0 Å². The lowest BCUT2D eigenvalue weighted by Gasteiger charge is -2.19. The second-order valence-corrected chi connectivity index (χ2v) is 6.46. The standard InChI is InChI=1S/C22H28N4O2/c1-4-26(5-2)14-15-28-20-13-11-16(21(23)22(20)27-3)10-12-19-17-8-6-7-9-18(17)24-25-19/h6-13H,4-5,14-15,23H2,1-3H3,(H,24,25). The van der Waals surface area contributed by atoms with Crippen LogP contribution in [0.4, 0.5) is 5.69 Å². The van der Waals surface area contributed by atoms with Crippen molar-refractivity contribution in [2.24, 2.45) is 0 Å². The van der Waals surface area contributed by atoms with Gasteiger partial charge in [-0.1, -0.05) is 38.1 Å². The van der Waals surface area contributed by atoms with Crippen LogP contribution >= 0.6 is 0 Å². The molecule has 1 aromatic heterocycles. The molecule has 3 N–H and O–H groups in total. The molecular formula is C22H28N4O2. The molecule has 0 aliphatic carbocycles. The van der Waals surface area contributed by atoms with E-state index in [0.717, 1.165) is 41.8 Å². The summed E-state index contributed by atoms with van der Waals surface area (Å²) in [6.07, 6.45) is 3.89. The maximum absolute atomic E-state index is 6.34. The molecule has 0 radical (unpaired) electrons. The number of nitrogens with one attached hydrogen (secondary N) is 1. The fraction of sp³-hybridized carbons (Fsp3) is 0.318. The lowest BCUT2D eigenvalue weighted by molar-refractivity contribution is 0.217. The zero-order chi connectivity index (χ0) is 19.9. The molecule has 0 unspecified atom stereocenters. The molecule has 0 aliphatic rings. The summed E-state index contributed by atoms with van der Waals surface area (Å²) in [5, 5.41) is 8.46. The first-order chi connectivity index (χ1) is 13.7. The molecule has 28 heavy (non-hydrogen) atoms. The topological polar surface area (TPSA) is 76.4 Å². The fourth-order valence-corrected chi connectivity index (χ4v) is 3.17. The summed E-state index contributed by atoms with van der Waals surface area (Å²) in [5.41, 5.74) is 9.62. The number of nitrogen functional groups attached to an aromatic ring is 1. The molecule has 0 fully saturated rings. The normalized spacial score (nSPS) is 11.6. The van der Waals surface area contributed by atoms with Crippen LogP contribution in [0.1, 0.15) is 25.1 Å². The molecule has 0 saturated carbocycles. The third kappa shape index (κ3) is 4.28. The number of fused-ring (bicyclic) bond motifs is 1. The number of benzene rings is 2. The van der Waals surface area contributed by atoms with Crippen molar-refractivity contribution in [2.45, 2.75) is 13.8 Å². The van der Waals surface area contributed by atoms with Crippen molar-refractivity contribution < 1.29 is 9.47 Å². The average Bonchev–Trinajstić information content (AvgIpc) is 3.14. The summed E-state index contributed by atoms with van der Waals surface area (Å²) in [4.78, 5) is 2.31. The zero-order valence-corrected chi connectivity index (χ0v) is 16.7. The van der Waals surface area contributed by atoms with Crippen molar-refractivity contribution in [3.63, 3.8) is 0 Å². The number of nitrogens with two attached hydrogens (primary N) is 1. The van der Waals surface area contributed by atoms with Crippen molar-refractivity contribution in [3.05, 3.63) is 47.7 Å². The first kappa shape index (κ1) is 19.8. The van der Waals surface area contributed by atoms with Crippen molar-refractivity contribution in [1.82, 2.24) is 15.1 Å². The van der Waals surface area contributed by atoms with E-state index in [1.165, 1.54) is 0 Å². The number of ether oxygens (including phenoxy) is 2. The van der Waals surface area contributed by atoms with Crippen LogP contribution in [-0.2, 0) is 0 Å². The molecule has 0 bridgehead atoms. The number of hydrogen-bond donors (Lipinski definition) is 2. The number of aromatic nitrogens is 2. The molecule has 2 aromatic carbocycles. The SMILES string of the molecule is CCN(CC)CCOc1ccc(C=Cc2n[nH]c3ccccc23)c(N)c1OC. The van der Waals surface area contributed by atoms with Gasteiger partial charge in [0.2, 0.25) is 0 Å². The Bertz CT molecular complexity index is 945. The molecular weight excluding hydrogens is 352 g/mol. The maximum Gasteiger partial charge on any atom is 0.184 e. The van der Waals surface area contributed by atoms with Crippen molar-refractivity contribution in [2.75, 3.05) is 39.1 Å². The van der Waals surface area contributed by atoms with E-state index in [0.29, 0.717) is 23.8 Å². The minimum absolute atomic E-state index is 0.555. The van der Waals surface area contributed by atoms with Crippen molar-refractivity contribution in [3.8, 4) is 11.5 Å². The van der Waals surface area contributed by atoms with Crippen LogP contribution in [0.15, 0.2) is 36.4 Å². The van der Waals surface area contributed by atoms with Crippen LogP contribution in [0.25, 0.3) is 23.1 Å². The number of rotatable bonds is 9. The molecule has 1 heterocycles. The van der Waals surface area contributed by atoms with Gasteiger partial charge in [-0.3, -0.25) is 5.10 Å². The Hall–Kier alpha value is -2.99. The van der Waals surface area contributed by atoms with Gasteiger partial charge in [0.15, 0.2) is 11.5 Å². The number of para-hydroxylation sites is 1. The van der Waals surface area contributed by atoms with Crippen molar-refractivity contribution in [1.29, 1.82) is 0 Å². The largest absolute Gasteiger partial charge is 0.491 e. The highest BCUT2D eigenvalue weighted by Gasteiger charge is 2.12. The Morgan fingerprint density at radius 3 is 2.64 bits per heavy atom. The Labute approximate surface area is 165 Å². The average molecular weight is 380 g/mol. The number of hydrogen-bond acceptors (Lipinski definition) is 5. The van der Waals surface area contributed by atoms with E-state index >= 15 is 0 Å². The van der Waals surface area contributed by atoms with Gasteiger partial charge in [0.1, 0.15) is 6.61 Å². The van der Waals surface area contributed by atoms with E-state index in [-0.39, 0.29) is 0 Å². The second-order valence-electron chi connectivity index (χ2n) is 6.46. The lowest BCUT2D eigenvalue weighted by atomic mass is 10.1. The fourth-order valence-electron chi connectivity index (χ4n) is 3.17. The number of likely N-dealkylation sites (N-methyl/N-ethyl adjacent to an activating group) is 1. The first-order valence-corrected chi connectivity index (χ1v) is 9.60. The van der Waals surface area contributed by atoms with Gasteiger partial charge in [-0.15, -0.1) is 0 Å². The number of nitrogens with zero attached hydrogens (tertiary/aromatic N) is 2. The predicted octanol–water partition coefficient (Wildman–Crippen LogP) is 4.04. The third-order valence-corrected chi connectivity index (χ3v) is 4.88. The van der Waals surface area contributed by atoms with Gasteiger partial charge >= 0.3 is 0 Å². The first-order valence-electron chi connectivity index (χ1n) is 9.60. The van der Waals surface area contributed by atoms with Crippen molar-refractivity contribution >= 4 is 28.7 Å². The Kier molecular flexibility index (Phi) is 6.55. The van der Waals surface area contributed by atoms with E-state index in [2.05, 4.69) is 28.9 Å². The molecule has 6 heteroatoms. The molecule has 0 aliphatic heterocycles. The number of anilines is 1. The zero-order valence-electron chi connectivity index (χ0n) is 16.7. The number of H-pyrrole nitrogens is 1. The van der Waals surface area contributed by atoms with Crippen LogP contribution in [-0.4, -0.2) is 48.4 Å². The van der Waals surface area contributed by atoms with Crippen LogP contribution in [0.2, 0.25) is 0 Å². The van der Waals surface area contributed by atoms with Crippen LogP contribution in [0.3, 0.4) is 0 Å². The second kappa shape index (κ2) is 9.28. The maximum atomic E-state index is 6.34. The highest BCUT2D eigenvalue weighted by Crippen LogP contribution is 2.36. The monoisotopic (exact) mass is 380 g/mol.